The lowest BCUT2D eigenvalue weighted by Crippen LogP contribution is -2.59. The average Bonchev–Trinajstić information content (AvgIpc) is 2.84. The highest BCUT2D eigenvalue weighted by atomic mass is 16.7. The Labute approximate surface area is 213 Å². The second-order valence-corrected chi connectivity index (χ2v) is 9.34. The average molecular weight is 525 g/mol. The molecule has 0 spiro atoms. The largest absolute Gasteiger partial charge is 0.391 e. The first-order valence-electron chi connectivity index (χ1n) is 12.3. The zero-order chi connectivity index (χ0) is 26.7. The van der Waals surface area contributed by atoms with Crippen LogP contribution >= 0.6 is 0 Å². The van der Waals surface area contributed by atoms with Gasteiger partial charge in [-0.05, 0) is 13.8 Å². The first-order valence-corrected chi connectivity index (χ1v) is 12.3. The molecule has 212 valence electrons. The highest BCUT2D eigenvalue weighted by Crippen LogP contribution is 2.28. The normalized spacial score (nSPS) is 35.8. The van der Waals surface area contributed by atoms with Gasteiger partial charge in [-0.15, -0.1) is 6.58 Å². The lowest BCUT2D eigenvalue weighted by molar-refractivity contribution is -0.332. The molecule has 4 N–H and O–H groups in total. The first-order chi connectivity index (χ1) is 17.2. The van der Waals surface area contributed by atoms with Crippen LogP contribution in [-0.4, -0.2) is 135 Å². The summed E-state index contributed by atoms with van der Waals surface area (Å²) in [6.07, 6.45) is -6.79. The molecule has 0 aromatic heterocycles. The van der Waals surface area contributed by atoms with Gasteiger partial charge in [0.15, 0.2) is 12.6 Å². The van der Waals surface area contributed by atoms with Crippen molar-refractivity contribution in [1.29, 1.82) is 0 Å². The van der Waals surface area contributed by atoms with Crippen molar-refractivity contribution >= 4 is 0 Å². The smallest absolute Gasteiger partial charge is 0.186 e. The van der Waals surface area contributed by atoms with E-state index in [0.29, 0.717) is 6.61 Å². The SMILES string of the molecule is C=CCOCC(O)COC(C)COC1C(OC)OCC(OC2OC[C@@H](C)C(O)C2OCC(C)O)C1O. The fraction of sp³-hybridized carbons (Fsp3) is 0.917. The molecule has 0 amide bonds. The van der Waals surface area contributed by atoms with Crippen molar-refractivity contribution in [2.24, 2.45) is 5.92 Å². The van der Waals surface area contributed by atoms with Gasteiger partial charge in [0, 0.05) is 13.0 Å². The van der Waals surface area contributed by atoms with Crippen molar-refractivity contribution in [3.05, 3.63) is 12.7 Å². The van der Waals surface area contributed by atoms with Gasteiger partial charge >= 0.3 is 0 Å². The maximum Gasteiger partial charge on any atom is 0.186 e. The fourth-order valence-electron chi connectivity index (χ4n) is 3.80. The lowest BCUT2D eigenvalue weighted by atomic mass is 9.97. The topological polar surface area (TPSA) is 155 Å². The van der Waals surface area contributed by atoms with Crippen LogP contribution < -0.4 is 0 Å². The zero-order valence-corrected chi connectivity index (χ0v) is 21.6. The summed E-state index contributed by atoms with van der Waals surface area (Å²) in [6, 6.07) is 0. The van der Waals surface area contributed by atoms with Crippen molar-refractivity contribution in [3.63, 3.8) is 0 Å². The van der Waals surface area contributed by atoms with Crippen LogP contribution in [0.4, 0.5) is 0 Å². The van der Waals surface area contributed by atoms with Gasteiger partial charge in [0.2, 0.25) is 0 Å². The van der Waals surface area contributed by atoms with Crippen LogP contribution in [0.15, 0.2) is 12.7 Å². The molecule has 36 heavy (non-hydrogen) atoms. The van der Waals surface area contributed by atoms with Gasteiger partial charge < -0.3 is 58.3 Å². The Morgan fingerprint density at radius 1 is 0.944 bits per heavy atom. The van der Waals surface area contributed by atoms with Crippen LogP contribution in [0.5, 0.6) is 0 Å². The van der Waals surface area contributed by atoms with Crippen molar-refractivity contribution in [3.8, 4) is 0 Å². The van der Waals surface area contributed by atoms with E-state index in [0.717, 1.165) is 0 Å². The number of hydrogen-bond donors (Lipinski definition) is 4. The van der Waals surface area contributed by atoms with Gasteiger partial charge in [0.05, 0.1) is 64.6 Å². The quantitative estimate of drug-likeness (QED) is 0.148. The Morgan fingerprint density at radius 3 is 2.28 bits per heavy atom. The summed E-state index contributed by atoms with van der Waals surface area (Å²) in [5.74, 6) is -0.195. The molecule has 0 aliphatic carbocycles. The number of rotatable bonds is 16. The third-order valence-corrected chi connectivity index (χ3v) is 5.84. The molecule has 2 aliphatic rings. The summed E-state index contributed by atoms with van der Waals surface area (Å²) in [7, 11) is 1.44. The third kappa shape index (κ3) is 9.86. The van der Waals surface area contributed by atoms with Crippen LogP contribution in [0, 0.1) is 5.92 Å². The molecule has 0 bridgehead atoms. The van der Waals surface area contributed by atoms with E-state index >= 15 is 0 Å². The predicted molar refractivity (Wildman–Crippen MR) is 126 cm³/mol. The van der Waals surface area contributed by atoms with Gasteiger partial charge in [-0.2, -0.15) is 0 Å². The predicted octanol–water partition coefficient (Wildman–Crippen LogP) is -0.792. The van der Waals surface area contributed by atoms with E-state index < -0.39 is 61.4 Å². The van der Waals surface area contributed by atoms with E-state index in [1.807, 2.05) is 6.92 Å². The number of methoxy groups -OCH3 is 1. The fourth-order valence-corrected chi connectivity index (χ4v) is 3.80. The molecule has 2 fully saturated rings. The second kappa shape index (κ2) is 16.3. The summed E-state index contributed by atoms with van der Waals surface area (Å²) in [6.45, 7) is 9.55. The zero-order valence-electron chi connectivity index (χ0n) is 21.6. The highest BCUT2D eigenvalue weighted by Gasteiger charge is 2.46. The summed E-state index contributed by atoms with van der Waals surface area (Å²) in [5.41, 5.74) is 0. The van der Waals surface area contributed by atoms with E-state index in [9.17, 15) is 20.4 Å². The van der Waals surface area contributed by atoms with Gasteiger partial charge in [-0.1, -0.05) is 13.0 Å². The summed E-state index contributed by atoms with van der Waals surface area (Å²) in [4.78, 5) is 0. The van der Waals surface area contributed by atoms with Gasteiger partial charge in [0.1, 0.15) is 30.5 Å². The summed E-state index contributed by atoms with van der Waals surface area (Å²) < 4.78 is 45.1. The molecular weight excluding hydrogens is 480 g/mol. The van der Waals surface area contributed by atoms with Crippen molar-refractivity contribution in [2.75, 3.05) is 53.4 Å². The summed E-state index contributed by atoms with van der Waals surface area (Å²) in [5, 5.41) is 41.1. The molecule has 0 radical (unpaired) electrons. The third-order valence-electron chi connectivity index (χ3n) is 5.84. The van der Waals surface area contributed by atoms with E-state index in [2.05, 4.69) is 6.58 Å². The van der Waals surface area contributed by atoms with Crippen molar-refractivity contribution in [2.45, 2.75) is 82.2 Å². The Morgan fingerprint density at radius 2 is 1.61 bits per heavy atom. The molecule has 11 atom stereocenters. The van der Waals surface area contributed by atoms with E-state index in [4.69, 9.17) is 37.9 Å². The Balaban J connectivity index is 1.91. The van der Waals surface area contributed by atoms with Gasteiger partial charge in [0.25, 0.3) is 0 Å². The van der Waals surface area contributed by atoms with E-state index in [1.165, 1.54) is 7.11 Å². The van der Waals surface area contributed by atoms with Crippen LogP contribution in [-0.2, 0) is 37.9 Å². The van der Waals surface area contributed by atoms with Crippen LogP contribution in [0.25, 0.3) is 0 Å². The molecule has 2 aliphatic heterocycles. The van der Waals surface area contributed by atoms with Crippen LogP contribution in [0.2, 0.25) is 0 Å². The van der Waals surface area contributed by atoms with E-state index in [1.54, 1.807) is 19.9 Å². The Bertz CT molecular complexity index is 608. The maximum atomic E-state index is 11.0. The molecule has 2 heterocycles. The number of ether oxygens (including phenoxy) is 8. The maximum absolute atomic E-state index is 11.0. The minimum atomic E-state index is -1.15. The molecule has 12 heteroatoms. The Hall–Kier alpha value is -0.740. The molecule has 0 saturated carbocycles. The molecule has 0 aromatic rings. The lowest BCUT2D eigenvalue weighted by Gasteiger charge is -2.44. The molecule has 12 nitrogen and oxygen atoms in total. The van der Waals surface area contributed by atoms with Crippen LogP contribution in [0.1, 0.15) is 20.8 Å². The molecule has 2 saturated heterocycles. The number of aliphatic hydroxyl groups is 4. The molecule has 0 aromatic carbocycles. The second-order valence-electron chi connectivity index (χ2n) is 9.34. The number of hydrogen-bond acceptors (Lipinski definition) is 12. The highest BCUT2D eigenvalue weighted by molar-refractivity contribution is 4.89. The van der Waals surface area contributed by atoms with E-state index in [-0.39, 0.29) is 45.6 Å². The van der Waals surface area contributed by atoms with Gasteiger partial charge in [-0.3, -0.25) is 0 Å². The minimum absolute atomic E-state index is 0.00286. The summed E-state index contributed by atoms with van der Waals surface area (Å²) >= 11 is 0. The molecular formula is C24H44O12. The number of aliphatic hydroxyl groups excluding tert-OH is 4. The molecule has 10 unspecified atom stereocenters. The van der Waals surface area contributed by atoms with Crippen molar-refractivity contribution < 1.29 is 58.3 Å². The van der Waals surface area contributed by atoms with Gasteiger partial charge in [-0.25, -0.2) is 0 Å². The first kappa shape index (κ1) is 31.5. The monoisotopic (exact) mass is 524 g/mol. The Kier molecular flexibility index (Phi) is 14.2. The van der Waals surface area contributed by atoms with Crippen molar-refractivity contribution in [1.82, 2.24) is 0 Å². The minimum Gasteiger partial charge on any atom is -0.391 e. The molecule has 2 rings (SSSR count). The standard InChI is InChI=1S/C24H44O12/c1-6-7-30-11-17(26)12-31-16(4)10-33-22-20(28)18(13-35-23(22)29-5)36-24-21(32-9-15(3)25)19(27)14(2)8-34-24/h6,14-28H,1,7-13H2,2-5H3/t14-,15?,16?,17?,18?,19?,20?,21?,22?,23?,24?/m1/s1. The van der Waals surface area contributed by atoms with Crippen LogP contribution in [0.3, 0.4) is 0 Å².